The molecule has 0 saturated carbocycles. The Kier molecular flexibility index (Phi) is 3.95. The number of carbonyl (C=O) groups excluding carboxylic acids is 1. The Morgan fingerprint density at radius 1 is 1.25 bits per heavy atom. The molecule has 0 aliphatic heterocycles. The van der Waals surface area contributed by atoms with Crippen molar-refractivity contribution in [3.05, 3.63) is 0 Å². The molecule has 12 heavy (non-hydrogen) atoms. The van der Waals surface area contributed by atoms with Crippen LogP contribution in [0.25, 0.3) is 0 Å². The number of Topliss-reactive ketones (excluding diaryl/α,β-unsaturated/α-hetero) is 1. The highest BCUT2D eigenvalue weighted by molar-refractivity contribution is 5.79. The van der Waals surface area contributed by atoms with Crippen LogP contribution in [0.3, 0.4) is 0 Å². The van der Waals surface area contributed by atoms with Crippen molar-refractivity contribution in [2.24, 2.45) is 17.3 Å². The van der Waals surface area contributed by atoms with E-state index in [-0.39, 0.29) is 11.3 Å². The average molecular weight is 170 g/mol. The van der Waals surface area contributed by atoms with E-state index >= 15 is 0 Å². The zero-order valence-electron chi connectivity index (χ0n) is 9.27. The van der Waals surface area contributed by atoms with Crippen LogP contribution < -0.4 is 0 Å². The number of hydrogen-bond acceptors (Lipinski definition) is 1. The van der Waals surface area contributed by atoms with Gasteiger partial charge in [-0.15, -0.1) is 0 Å². The summed E-state index contributed by atoms with van der Waals surface area (Å²) in [6.45, 7) is 12.5. The van der Waals surface area contributed by atoms with Crippen molar-refractivity contribution < 1.29 is 4.79 Å². The number of hydrogen-bond donors (Lipinski definition) is 0. The molecular weight excluding hydrogens is 148 g/mol. The van der Waals surface area contributed by atoms with Gasteiger partial charge in [0, 0.05) is 5.92 Å². The molecular formula is C11H22O. The summed E-state index contributed by atoms with van der Waals surface area (Å²) in [5.41, 5.74) is 0.121. The second-order valence-electron chi connectivity index (χ2n) is 5.16. The monoisotopic (exact) mass is 170 g/mol. The fourth-order valence-corrected chi connectivity index (χ4v) is 1.60. The van der Waals surface area contributed by atoms with Gasteiger partial charge in [0.25, 0.3) is 0 Å². The molecule has 1 nitrogen and oxygen atoms in total. The molecule has 0 fully saturated rings. The number of ketones is 1. The van der Waals surface area contributed by atoms with Crippen molar-refractivity contribution in [2.45, 2.75) is 48.0 Å². The summed E-state index contributed by atoms with van der Waals surface area (Å²) in [5, 5.41) is 0. The molecule has 1 heteroatoms. The van der Waals surface area contributed by atoms with Crippen LogP contribution in [0.4, 0.5) is 0 Å². The molecule has 0 aromatic rings. The van der Waals surface area contributed by atoms with E-state index in [1.165, 1.54) is 0 Å². The third kappa shape index (κ3) is 3.89. The highest BCUT2D eigenvalue weighted by Gasteiger charge is 2.28. The molecule has 0 aromatic carbocycles. The lowest BCUT2D eigenvalue weighted by Gasteiger charge is -2.29. The van der Waals surface area contributed by atoms with E-state index in [1.807, 2.05) is 0 Å². The van der Waals surface area contributed by atoms with Crippen molar-refractivity contribution in [1.82, 2.24) is 0 Å². The van der Waals surface area contributed by atoms with E-state index in [9.17, 15) is 4.79 Å². The summed E-state index contributed by atoms with van der Waals surface area (Å²) < 4.78 is 0. The van der Waals surface area contributed by atoms with Crippen molar-refractivity contribution in [2.75, 3.05) is 0 Å². The molecule has 0 N–H and O–H groups in total. The molecule has 0 aromatic heterocycles. The van der Waals surface area contributed by atoms with Crippen LogP contribution in [0, 0.1) is 17.3 Å². The smallest absolute Gasteiger partial charge is 0.133 e. The largest absolute Gasteiger partial charge is 0.300 e. The van der Waals surface area contributed by atoms with E-state index in [2.05, 4.69) is 34.6 Å². The second kappa shape index (κ2) is 4.06. The van der Waals surface area contributed by atoms with Gasteiger partial charge < -0.3 is 0 Å². The molecule has 0 spiro atoms. The van der Waals surface area contributed by atoms with Gasteiger partial charge in [-0.25, -0.2) is 0 Å². The van der Waals surface area contributed by atoms with E-state index in [1.54, 1.807) is 6.92 Å². The second-order valence-corrected chi connectivity index (χ2v) is 5.16. The van der Waals surface area contributed by atoms with Crippen LogP contribution in [0.15, 0.2) is 0 Å². The van der Waals surface area contributed by atoms with Gasteiger partial charge in [-0.3, -0.25) is 4.79 Å². The Morgan fingerprint density at radius 3 is 1.75 bits per heavy atom. The lowest BCUT2D eigenvalue weighted by molar-refractivity contribution is -0.124. The van der Waals surface area contributed by atoms with E-state index in [0.29, 0.717) is 11.7 Å². The van der Waals surface area contributed by atoms with Gasteiger partial charge in [0.05, 0.1) is 0 Å². The summed E-state index contributed by atoms with van der Waals surface area (Å²) in [4.78, 5) is 11.3. The van der Waals surface area contributed by atoms with Crippen LogP contribution in [-0.4, -0.2) is 5.78 Å². The van der Waals surface area contributed by atoms with Gasteiger partial charge in [-0.1, -0.05) is 34.6 Å². The van der Waals surface area contributed by atoms with Gasteiger partial charge in [-0.05, 0) is 24.7 Å². The molecule has 0 aliphatic carbocycles. The Morgan fingerprint density at radius 2 is 1.67 bits per heavy atom. The van der Waals surface area contributed by atoms with E-state index in [4.69, 9.17) is 0 Å². The highest BCUT2D eigenvalue weighted by Crippen LogP contribution is 2.31. The molecule has 0 rings (SSSR count). The van der Waals surface area contributed by atoms with Gasteiger partial charge >= 0.3 is 0 Å². The Bertz CT molecular complexity index is 151. The summed E-state index contributed by atoms with van der Waals surface area (Å²) in [7, 11) is 0. The molecule has 1 unspecified atom stereocenters. The summed E-state index contributed by atoms with van der Waals surface area (Å²) >= 11 is 0. The van der Waals surface area contributed by atoms with Gasteiger partial charge in [0.1, 0.15) is 5.78 Å². The molecule has 1 atom stereocenters. The van der Waals surface area contributed by atoms with Gasteiger partial charge in [-0.2, -0.15) is 0 Å². The molecule has 0 aliphatic rings. The topological polar surface area (TPSA) is 17.1 Å². The Balaban J connectivity index is 4.35. The number of carbonyl (C=O) groups is 1. The van der Waals surface area contributed by atoms with Crippen molar-refractivity contribution in [3.8, 4) is 0 Å². The molecule has 72 valence electrons. The van der Waals surface area contributed by atoms with Crippen molar-refractivity contribution in [1.29, 1.82) is 0 Å². The van der Waals surface area contributed by atoms with Crippen LogP contribution in [-0.2, 0) is 4.79 Å². The van der Waals surface area contributed by atoms with Gasteiger partial charge in [0.15, 0.2) is 0 Å². The zero-order chi connectivity index (χ0) is 9.94. The Labute approximate surface area is 76.6 Å². The molecule has 0 bridgehead atoms. The summed E-state index contributed by atoms with van der Waals surface area (Å²) in [5.74, 6) is 1.16. The van der Waals surface area contributed by atoms with Crippen LogP contribution in [0.5, 0.6) is 0 Å². The maximum absolute atomic E-state index is 11.3. The van der Waals surface area contributed by atoms with Crippen molar-refractivity contribution in [3.63, 3.8) is 0 Å². The summed E-state index contributed by atoms with van der Waals surface area (Å²) in [6, 6.07) is 0. The minimum absolute atomic E-state index is 0.121. The van der Waals surface area contributed by atoms with E-state index < -0.39 is 0 Å². The quantitative estimate of drug-likeness (QED) is 0.635. The fraction of sp³-hybridized carbons (Fsp3) is 0.909. The predicted octanol–water partition coefficient (Wildman–Crippen LogP) is 3.28. The lowest BCUT2D eigenvalue weighted by atomic mass is 9.74. The number of rotatable bonds is 3. The van der Waals surface area contributed by atoms with Crippen molar-refractivity contribution >= 4 is 5.78 Å². The molecule has 0 heterocycles. The standard InChI is InChI=1S/C11H22O/c1-8(2)7-10(9(3)12)11(4,5)6/h8,10H,7H2,1-6H3. The van der Waals surface area contributed by atoms with E-state index in [0.717, 1.165) is 6.42 Å². The Hall–Kier alpha value is -0.330. The van der Waals surface area contributed by atoms with Crippen LogP contribution in [0.2, 0.25) is 0 Å². The highest BCUT2D eigenvalue weighted by atomic mass is 16.1. The molecule has 0 radical (unpaired) electrons. The predicted molar refractivity (Wildman–Crippen MR) is 53.1 cm³/mol. The molecule has 0 amide bonds. The normalized spacial score (nSPS) is 14.9. The van der Waals surface area contributed by atoms with Crippen LogP contribution in [0.1, 0.15) is 48.0 Å². The first-order valence-electron chi connectivity index (χ1n) is 4.75. The average Bonchev–Trinajstić information content (AvgIpc) is 1.79. The summed E-state index contributed by atoms with van der Waals surface area (Å²) in [6.07, 6.45) is 1.01. The maximum atomic E-state index is 11.3. The zero-order valence-corrected chi connectivity index (χ0v) is 9.27. The first-order valence-corrected chi connectivity index (χ1v) is 4.75. The lowest BCUT2D eigenvalue weighted by Crippen LogP contribution is -2.28. The van der Waals surface area contributed by atoms with Crippen LogP contribution >= 0.6 is 0 Å². The third-order valence-electron chi connectivity index (χ3n) is 2.24. The minimum atomic E-state index is 0.121. The first-order chi connectivity index (χ1) is 5.25. The maximum Gasteiger partial charge on any atom is 0.133 e. The third-order valence-corrected chi connectivity index (χ3v) is 2.24. The molecule has 0 saturated heterocycles. The fourth-order valence-electron chi connectivity index (χ4n) is 1.60. The van der Waals surface area contributed by atoms with Gasteiger partial charge in [0.2, 0.25) is 0 Å². The minimum Gasteiger partial charge on any atom is -0.300 e. The SMILES string of the molecule is CC(=O)C(CC(C)C)C(C)(C)C. The first kappa shape index (κ1) is 11.7.